The topological polar surface area (TPSA) is 17.1 Å². The van der Waals surface area contributed by atoms with Crippen molar-refractivity contribution in [1.29, 1.82) is 0 Å². The molecule has 0 aliphatic carbocycles. The van der Waals surface area contributed by atoms with E-state index in [9.17, 15) is 4.79 Å². The third kappa shape index (κ3) is 2.80. The number of benzene rings is 1. The number of hydrogen-bond acceptors (Lipinski definition) is 2. The van der Waals surface area contributed by atoms with E-state index in [-0.39, 0.29) is 5.78 Å². The second kappa shape index (κ2) is 5.41. The van der Waals surface area contributed by atoms with Gasteiger partial charge < -0.3 is 0 Å². The molecule has 3 heteroatoms. The Morgan fingerprint density at radius 1 is 1.19 bits per heavy atom. The van der Waals surface area contributed by atoms with Gasteiger partial charge in [0, 0.05) is 14.0 Å². The molecule has 0 radical (unpaired) electrons. The van der Waals surface area contributed by atoms with Crippen molar-refractivity contribution in [2.45, 2.75) is 0 Å². The van der Waals surface area contributed by atoms with Gasteiger partial charge in [-0.1, -0.05) is 18.2 Å². The normalized spacial score (nSPS) is 10.8. The van der Waals surface area contributed by atoms with Crippen LogP contribution in [0.3, 0.4) is 0 Å². The molecular weight excluding hydrogens is 331 g/mol. The van der Waals surface area contributed by atoms with E-state index in [1.807, 2.05) is 47.9 Å². The average molecular weight is 340 g/mol. The van der Waals surface area contributed by atoms with Crippen molar-refractivity contribution in [2.24, 2.45) is 0 Å². The molecule has 80 valence electrons. The lowest BCUT2D eigenvalue weighted by atomic mass is 10.1. The highest BCUT2D eigenvalue weighted by Gasteiger charge is 2.04. The van der Waals surface area contributed by atoms with Crippen molar-refractivity contribution in [3.63, 3.8) is 0 Å². The molecule has 16 heavy (non-hydrogen) atoms. The quantitative estimate of drug-likeness (QED) is 0.464. The van der Waals surface area contributed by atoms with Gasteiger partial charge >= 0.3 is 0 Å². The van der Waals surface area contributed by atoms with Gasteiger partial charge in [-0.3, -0.25) is 4.79 Å². The number of carbonyl (C=O) groups excluding carboxylic acids is 1. The minimum atomic E-state index is 0.0541. The van der Waals surface area contributed by atoms with Crippen molar-refractivity contribution >= 4 is 45.8 Å². The van der Waals surface area contributed by atoms with Crippen molar-refractivity contribution in [2.75, 3.05) is 0 Å². The van der Waals surface area contributed by atoms with Gasteiger partial charge in [0.1, 0.15) is 0 Å². The summed E-state index contributed by atoms with van der Waals surface area (Å²) in [6.45, 7) is 0. The van der Waals surface area contributed by atoms with Gasteiger partial charge in [-0.2, -0.15) is 0 Å². The zero-order valence-corrected chi connectivity index (χ0v) is 11.4. The van der Waals surface area contributed by atoms with Crippen molar-refractivity contribution < 1.29 is 4.79 Å². The van der Waals surface area contributed by atoms with E-state index in [1.165, 1.54) is 0 Å². The first-order valence-electron chi connectivity index (χ1n) is 4.78. The highest BCUT2D eigenvalue weighted by Crippen LogP contribution is 2.15. The van der Waals surface area contributed by atoms with E-state index < -0.39 is 0 Å². The van der Waals surface area contributed by atoms with Gasteiger partial charge in [-0.05, 0) is 58.3 Å². The molecule has 0 N–H and O–H groups in total. The SMILES string of the molecule is O=C(/C=C/c1cccs1)c1ccccc1I. The lowest BCUT2D eigenvalue weighted by molar-refractivity contribution is 0.104. The van der Waals surface area contributed by atoms with E-state index in [1.54, 1.807) is 17.4 Å². The first-order valence-corrected chi connectivity index (χ1v) is 6.73. The van der Waals surface area contributed by atoms with E-state index in [2.05, 4.69) is 22.6 Å². The maximum Gasteiger partial charge on any atom is 0.186 e. The first kappa shape index (κ1) is 11.5. The minimum Gasteiger partial charge on any atom is -0.289 e. The van der Waals surface area contributed by atoms with Crippen LogP contribution in [0.5, 0.6) is 0 Å². The molecule has 0 amide bonds. The Balaban J connectivity index is 2.18. The predicted molar refractivity (Wildman–Crippen MR) is 76.8 cm³/mol. The molecule has 2 aromatic rings. The van der Waals surface area contributed by atoms with Crippen LogP contribution in [0.15, 0.2) is 47.9 Å². The molecule has 0 spiro atoms. The van der Waals surface area contributed by atoms with Gasteiger partial charge in [0.15, 0.2) is 5.78 Å². The maximum atomic E-state index is 11.9. The Labute approximate surface area is 112 Å². The summed E-state index contributed by atoms with van der Waals surface area (Å²) >= 11 is 3.80. The molecule has 0 aliphatic heterocycles. The summed E-state index contributed by atoms with van der Waals surface area (Å²) in [6.07, 6.45) is 3.49. The number of allylic oxidation sites excluding steroid dienone is 1. The Hall–Kier alpha value is -0.940. The molecule has 1 aromatic heterocycles. The Morgan fingerprint density at radius 2 is 2.00 bits per heavy atom. The van der Waals surface area contributed by atoms with Crippen LogP contribution in [0.25, 0.3) is 6.08 Å². The van der Waals surface area contributed by atoms with E-state index in [0.29, 0.717) is 0 Å². The first-order chi connectivity index (χ1) is 7.77. The largest absolute Gasteiger partial charge is 0.289 e. The predicted octanol–water partition coefficient (Wildman–Crippen LogP) is 4.25. The summed E-state index contributed by atoms with van der Waals surface area (Å²) < 4.78 is 0.987. The fraction of sp³-hybridized carbons (Fsp3) is 0. The molecule has 0 bridgehead atoms. The Morgan fingerprint density at radius 3 is 2.69 bits per heavy atom. The number of ketones is 1. The molecule has 0 aliphatic rings. The lowest BCUT2D eigenvalue weighted by Gasteiger charge is -1.98. The summed E-state index contributed by atoms with van der Waals surface area (Å²) in [5, 5.41) is 2.00. The van der Waals surface area contributed by atoms with Gasteiger partial charge in [0.25, 0.3) is 0 Å². The van der Waals surface area contributed by atoms with Crippen LogP contribution in [-0.2, 0) is 0 Å². The third-order valence-electron chi connectivity index (χ3n) is 2.08. The standard InChI is InChI=1S/C13H9IOS/c14-12-6-2-1-5-11(12)13(15)8-7-10-4-3-9-16-10/h1-9H/b8-7+. The number of halogens is 1. The summed E-state index contributed by atoms with van der Waals surface area (Å²) in [7, 11) is 0. The summed E-state index contributed by atoms with van der Waals surface area (Å²) in [5.41, 5.74) is 0.760. The maximum absolute atomic E-state index is 11.9. The van der Waals surface area contributed by atoms with Crippen LogP contribution in [-0.4, -0.2) is 5.78 Å². The second-order valence-corrected chi connectivity index (χ2v) is 5.33. The highest BCUT2D eigenvalue weighted by molar-refractivity contribution is 14.1. The fourth-order valence-corrected chi connectivity index (χ4v) is 2.57. The van der Waals surface area contributed by atoms with Crippen LogP contribution in [0.4, 0.5) is 0 Å². The summed E-state index contributed by atoms with van der Waals surface area (Å²) in [6, 6.07) is 11.6. The molecule has 0 saturated carbocycles. The highest BCUT2D eigenvalue weighted by atomic mass is 127. The lowest BCUT2D eigenvalue weighted by Crippen LogP contribution is -1.96. The smallest absolute Gasteiger partial charge is 0.186 e. The molecule has 1 aromatic carbocycles. The molecule has 0 atom stereocenters. The van der Waals surface area contributed by atoms with E-state index in [0.717, 1.165) is 14.0 Å². The molecular formula is C13H9IOS. The zero-order chi connectivity index (χ0) is 11.4. The average Bonchev–Trinajstić information content (AvgIpc) is 2.79. The molecule has 1 nitrogen and oxygen atoms in total. The van der Waals surface area contributed by atoms with Crippen LogP contribution in [0.1, 0.15) is 15.2 Å². The molecule has 0 fully saturated rings. The van der Waals surface area contributed by atoms with E-state index in [4.69, 9.17) is 0 Å². The van der Waals surface area contributed by atoms with Gasteiger partial charge in [0.05, 0.1) is 0 Å². The Kier molecular flexibility index (Phi) is 3.90. The van der Waals surface area contributed by atoms with Crippen LogP contribution in [0.2, 0.25) is 0 Å². The van der Waals surface area contributed by atoms with Crippen LogP contribution >= 0.6 is 33.9 Å². The monoisotopic (exact) mass is 340 g/mol. The van der Waals surface area contributed by atoms with Gasteiger partial charge in [0.2, 0.25) is 0 Å². The molecule has 2 rings (SSSR count). The summed E-state index contributed by atoms with van der Waals surface area (Å²) in [4.78, 5) is 13.0. The number of hydrogen-bond donors (Lipinski definition) is 0. The van der Waals surface area contributed by atoms with Crippen molar-refractivity contribution in [3.05, 3.63) is 61.9 Å². The number of carbonyl (C=O) groups is 1. The van der Waals surface area contributed by atoms with Gasteiger partial charge in [-0.15, -0.1) is 11.3 Å². The van der Waals surface area contributed by atoms with Gasteiger partial charge in [-0.25, -0.2) is 0 Å². The molecule has 0 unspecified atom stereocenters. The van der Waals surface area contributed by atoms with E-state index >= 15 is 0 Å². The number of rotatable bonds is 3. The molecule has 0 saturated heterocycles. The minimum absolute atomic E-state index is 0.0541. The van der Waals surface area contributed by atoms with Crippen LogP contribution < -0.4 is 0 Å². The van der Waals surface area contributed by atoms with Crippen LogP contribution in [0, 0.1) is 3.57 Å². The van der Waals surface area contributed by atoms with Crippen molar-refractivity contribution in [3.8, 4) is 0 Å². The zero-order valence-electron chi connectivity index (χ0n) is 8.39. The fourth-order valence-electron chi connectivity index (χ4n) is 1.29. The summed E-state index contributed by atoms with van der Waals surface area (Å²) in [5.74, 6) is 0.0541. The van der Waals surface area contributed by atoms with Crippen molar-refractivity contribution in [1.82, 2.24) is 0 Å². The number of thiophene rings is 1. The second-order valence-electron chi connectivity index (χ2n) is 3.19. The third-order valence-corrected chi connectivity index (χ3v) is 3.86. The molecule has 1 heterocycles. The Bertz CT molecular complexity index is 514.